The second-order valence-corrected chi connectivity index (χ2v) is 6.44. The van der Waals surface area contributed by atoms with Crippen LogP contribution in [-0.4, -0.2) is 49.3 Å². The lowest BCUT2D eigenvalue weighted by Gasteiger charge is -2.31. The average molecular weight is 334 g/mol. The number of nitrogens with zero attached hydrogens (tertiary/aromatic N) is 1. The van der Waals surface area contributed by atoms with Crippen LogP contribution in [0.2, 0.25) is 0 Å². The number of aliphatic carboxylic acids is 1. The fourth-order valence-electron chi connectivity index (χ4n) is 3.32. The van der Waals surface area contributed by atoms with Crippen molar-refractivity contribution >= 4 is 12.0 Å². The lowest BCUT2D eigenvalue weighted by atomic mass is 9.78. The van der Waals surface area contributed by atoms with Crippen LogP contribution < -0.4 is 10.1 Å². The molecule has 1 saturated carbocycles. The molecule has 1 aliphatic carbocycles. The molecular weight excluding hydrogens is 308 g/mol. The Morgan fingerprint density at radius 3 is 2.67 bits per heavy atom. The van der Waals surface area contributed by atoms with Gasteiger partial charge >= 0.3 is 12.0 Å². The van der Waals surface area contributed by atoms with E-state index in [0.717, 1.165) is 31.4 Å². The molecule has 0 unspecified atom stereocenters. The zero-order chi connectivity index (χ0) is 17.6. The predicted octanol–water partition coefficient (Wildman–Crippen LogP) is 2.62. The van der Waals surface area contributed by atoms with Gasteiger partial charge in [-0.3, -0.25) is 4.79 Å². The van der Waals surface area contributed by atoms with Crippen molar-refractivity contribution in [2.75, 3.05) is 27.2 Å². The monoisotopic (exact) mass is 334 g/mol. The molecule has 132 valence electrons. The summed E-state index contributed by atoms with van der Waals surface area (Å²) in [7, 11) is 3.27. The van der Waals surface area contributed by atoms with Gasteiger partial charge in [-0.05, 0) is 30.5 Å². The van der Waals surface area contributed by atoms with Crippen molar-refractivity contribution in [2.45, 2.75) is 37.5 Å². The molecule has 0 heterocycles. The number of amides is 2. The molecule has 0 bridgehead atoms. The molecule has 0 saturated heterocycles. The van der Waals surface area contributed by atoms with Gasteiger partial charge in [0.25, 0.3) is 0 Å². The minimum atomic E-state index is -0.904. The number of carbonyl (C=O) groups is 2. The Hall–Kier alpha value is -2.24. The Labute approximate surface area is 142 Å². The second-order valence-electron chi connectivity index (χ2n) is 6.44. The third-order valence-corrected chi connectivity index (χ3v) is 4.83. The van der Waals surface area contributed by atoms with Gasteiger partial charge in [0.15, 0.2) is 0 Å². The van der Waals surface area contributed by atoms with Gasteiger partial charge in [-0.15, -0.1) is 0 Å². The van der Waals surface area contributed by atoms with Crippen LogP contribution in [0.4, 0.5) is 4.79 Å². The third kappa shape index (κ3) is 4.40. The molecular formula is C18H26N2O4. The molecule has 1 aromatic rings. The summed E-state index contributed by atoms with van der Waals surface area (Å²) in [6, 6.07) is 7.81. The maximum atomic E-state index is 12.2. The van der Waals surface area contributed by atoms with E-state index in [-0.39, 0.29) is 24.4 Å². The van der Waals surface area contributed by atoms with Crippen molar-refractivity contribution in [1.82, 2.24) is 10.2 Å². The van der Waals surface area contributed by atoms with Crippen molar-refractivity contribution < 1.29 is 19.4 Å². The molecule has 24 heavy (non-hydrogen) atoms. The molecule has 0 radical (unpaired) electrons. The highest BCUT2D eigenvalue weighted by Crippen LogP contribution is 2.41. The molecule has 6 heteroatoms. The van der Waals surface area contributed by atoms with Crippen molar-refractivity contribution in [1.29, 1.82) is 0 Å². The summed E-state index contributed by atoms with van der Waals surface area (Å²) in [5.41, 5.74) is 1.12. The predicted molar refractivity (Wildman–Crippen MR) is 91.4 cm³/mol. The van der Waals surface area contributed by atoms with Gasteiger partial charge in [-0.2, -0.15) is 0 Å². The quantitative estimate of drug-likeness (QED) is 0.803. The smallest absolute Gasteiger partial charge is 0.317 e. The first-order valence-corrected chi connectivity index (χ1v) is 8.32. The van der Waals surface area contributed by atoms with Gasteiger partial charge in [0.2, 0.25) is 0 Å². The normalized spacial score (nSPS) is 15.8. The number of carbonyl (C=O) groups excluding carboxylic acids is 1. The Bertz CT molecular complexity index is 582. The van der Waals surface area contributed by atoms with Crippen LogP contribution >= 0.6 is 0 Å². The van der Waals surface area contributed by atoms with Crippen LogP contribution in [0, 0.1) is 0 Å². The number of carboxylic acid groups (broad SMARTS) is 1. The topological polar surface area (TPSA) is 78.9 Å². The number of carboxylic acids is 1. The first kappa shape index (κ1) is 18.1. The number of benzene rings is 1. The lowest BCUT2D eigenvalue weighted by Crippen LogP contribution is -2.44. The van der Waals surface area contributed by atoms with E-state index in [1.165, 1.54) is 10.5 Å². The van der Waals surface area contributed by atoms with Crippen molar-refractivity contribution in [3.05, 3.63) is 29.8 Å². The minimum absolute atomic E-state index is 0.0506. The standard InChI is InChI=1S/C18H26N2O4/c1-20(11-8-16(21)22)17(23)19-13-18(9-3-4-10-18)14-6-5-7-15(12-14)24-2/h5-7,12H,3-4,8-11,13H2,1-2H3,(H,19,23)(H,21,22). The van der Waals surface area contributed by atoms with Crippen molar-refractivity contribution in [3.8, 4) is 5.75 Å². The van der Waals surface area contributed by atoms with Crippen LogP contribution in [0.15, 0.2) is 24.3 Å². The summed E-state index contributed by atoms with van der Waals surface area (Å²) in [5, 5.41) is 11.7. The van der Waals surface area contributed by atoms with E-state index in [2.05, 4.69) is 11.4 Å². The molecule has 0 aliphatic heterocycles. The van der Waals surface area contributed by atoms with Crippen LogP contribution in [0.25, 0.3) is 0 Å². The molecule has 1 fully saturated rings. The largest absolute Gasteiger partial charge is 0.497 e. The molecule has 2 rings (SSSR count). The van der Waals surface area contributed by atoms with E-state index in [4.69, 9.17) is 9.84 Å². The molecule has 2 amide bonds. The van der Waals surface area contributed by atoms with E-state index in [1.54, 1.807) is 14.2 Å². The summed E-state index contributed by atoms with van der Waals surface area (Å²) in [6.07, 6.45) is 4.29. The van der Waals surface area contributed by atoms with Crippen LogP contribution in [0.5, 0.6) is 5.75 Å². The Kier molecular flexibility index (Phi) is 6.06. The first-order chi connectivity index (χ1) is 11.5. The number of hydrogen-bond acceptors (Lipinski definition) is 3. The Morgan fingerprint density at radius 2 is 2.04 bits per heavy atom. The summed E-state index contributed by atoms with van der Waals surface area (Å²) >= 11 is 0. The molecule has 0 atom stereocenters. The Morgan fingerprint density at radius 1 is 1.33 bits per heavy atom. The fraction of sp³-hybridized carbons (Fsp3) is 0.556. The summed E-state index contributed by atoms with van der Waals surface area (Å²) in [5.74, 6) is -0.0815. The maximum Gasteiger partial charge on any atom is 0.317 e. The molecule has 1 aliphatic rings. The van der Waals surface area contributed by atoms with Gasteiger partial charge in [-0.25, -0.2) is 4.79 Å². The Balaban J connectivity index is 2.03. The highest BCUT2D eigenvalue weighted by Gasteiger charge is 2.36. The molecule has 0 aromatic heterocycles. The van der Waals surface area contributed by atoms with Gasteiger partial charge in [0.1, 0.15) is 5.75 Å². The third-order valence-electron chi connectivity index (χ3n) is 4.83. The van der Waals surface area contributed by atoms with Crippen molar-refractivity contribution in [3.63, 3.8) is 0 Å². The molecule has 2 N–H and O–H groups in total. The van der Waals surface area contributed by atoms with Gasteiger partial charge < -0.3 is 20.1 Å². The number of hydrogen-bond donors (Lipinski definition) is 2. The van der Waals surface area contributed by atoms with Crippen LogP contribution in [-0.2, 0) is 10.2 Å². The first-order valence-electron chi connectivity index (χ1n) is 8.32. The minimum Gasteiger partial charge on any atom is -0.497 e. The molecule has 1 aromatic carbocycles. The summed E-state index contributed by atoms with van der Waals surface area (Å²) in [6.45, 7) is 0.754. The maximum absolute atomic E-state index is 12.2. The van der Waals surface area contributed by atoms with E-state index >= 15 is 0 Å². The zero-order valence-electron chi connectivity index (χ0n) is 14.4. The van der Waals surface area contributed by atoms with E-state index in [1.807, 2.05) is 18.2 Å². The number of methoxy groups -OCH3 is 1. The van der Waals surface area contributed by atoms with Gasteiger partial charge in [0.05, 0.1) is 13.5 Å². The van der Waals surface area contributed by atoms with Gasteiger partial charge in [0, 0.05) is 25.6 Å². The lowest BCUT2D eigenvalue weighted by molar-refractivity contribution is -0.137. The van der Waals surface area contributed by atoms with Crippen LogP contribution in [0.3, 0.4) is 0 Å². The zero-order valence-corrected chi connectivity index (χ0v) is 14.4. The van der Waals surface area contributed by atoms with E-state index in [9.17, 15) is 9.59 Å². The highest BCUT2D eigenvalue weighted by molar-refractivity contribution is 5.75. The number of nitrogens with one attached hydrogen (secondary N) is 1. The van der Waals surface area contributed by atoms with E-state index < -0.39 is 5.97 Å². The SMILES string of the molecule is COc1cccc(C2(CNC(=O)N(C)CCC(=O)O)CCCC2)c1. The fourth-order valence-corrected chi connectivity index (χ4v) is 3.32. The summed E-state index contributed by atoms with van der Waals surface area (Å²) in [4.78, 5) is 24.2. The number of urea groups is 1. The molecule has 6 nitrogen and oxygen atoms in total. The van der Waals surface area contributed by atoms with Crippen LogP contribution in [0.1, 0.15) is 37.7 Å². The van der Waals surface area contributed by atoms with Crippen molar-refractivity contribution in [2.24, 2.45) is 0 Å². The highest BCUT2D eigenvalue weighted by atomic mass is 16.5. The molecule has 0 spiro atoms. The number of ether oxygens (including phenoxy) is 1. The summed E-state index contributed by atoms with van der Waals surface area (Å²) < 4.78 is 5.33. The number of rotatable bonds is 7. The average Bonchev–Trinajstić information content (AvgIpc) is 3.07. The van der Waals surface area contributed by atoms with Gasteiger partial charge in [-0.1, -0.05) is 25.0 Å². The van der Waals surface area contributed by atoms with E-state index in [0.29, 0.717) is 6.54 Å². The second kappa shape index (κ2) is 8.04.